The quantitative estimate of drug-likeness (QED) is 0.596. The molecule has 68 valence electrons. The van der Waals surface area contributed by atoms with Gasteiger partial charge in [-0.1, -0.05) is 0 Å². The van der Waals surface area contributed by atoms with Crippen LogP contribution in [0.3, 0.4) is 0 Å². The van der Waals surface area contributed by atoms with E-state index < -0.39 is 0 Å². The first kappa shape index (κ1) is 8.24. The van der Waals surface area contributed by atoms with E-state index in [0.717, 1.165) is 26.1 Å². The molecule has 0 N–H and O–H groups in total. The molecule has 2 rings (SSSR count). The zero-order valence-electron chi connectivity index (χ0n) is 7.64. The molecule has 1 spiro atoms. The number of hydrogen-bond donors (Lipinski definition) is 0. The summed E-state index contributed by atoms with van der Waals surface area (Å²) in [5, 5.41) is 0. The minimum atomic E-state index is 0.378. The molecule has 2 aliphatic rings. The molecule has 0 aromatic heterocycles. The second kappa shape index (κ2) is 2.84. The number of Topliss-reactive ketones (excluding diaryl/α,β-unsaturated/α-hetero) is 1. The number of hydrogen-bond acceptors (Lipinski definition) is 2. The van der Waals surface area contributed by atoms with Crippen molar-refractivity contribution < 1.29 is 9.53 Å². The van der Waals surface area contributed by atoms with Crippen LogP contribution in [0.25, 0.3) is 0 Å². The van der Waals surface area contributed by atoms with Crippen molar-refractivity contribution in [1.82, 2.24) is 0 Å². The third-order valence-corrected chi connectivity index (χ3v) is 3.49. The van der Waals surface area contributed by atoms with Crippen LogP contribution in [0.4, 0.5) is 0 Å². The van der Waals surface area contributed by atoms with Crippen molar-refractivity contribution in [3.63, 3.8) is 0 Å². The molecule has 0 atom stereocenters. The molecule has 2 heteroatoms. The van der Waals surface area contributed by atoms with E-state index in [1.54, 1.807) is 6.92 Å². The first-order chi connectivity index (χ1) is 5.72. The minimum absolute atomic E-state index is 0.378. The number of ketones is 1. The average Bonchev–Trinajstić information content (AvgIpc) is 2.01. The SMILES string of the molecule is CC(=O)C1CC2(CCOCC2)C1. The minimum Gasteiger partial charge on any atom is -0.381 e. The van der Waals surface area contributed by atoms with Gasteiger partial charge in [-0.3, -0.25) is 4.79 Å². The number of rotatable bonds is 1. The normalized spacial score (nSPS) is 28.4. The van der Waals surface area contributed by atoms with Gasteiger partial charge in [0.2, 0.25) is 0 Å². The van der Waals surface area contributed by atoms with Gasteiger partial charge in [0.1, 0.15) is 5.78 Å². The fourth-order valence-corrected chi connectivity index (χ4v) is 2.49. The van der Waals surface area contributed by atoms with Gasteiger partial charge >= 0.3 is 0 Å². The molecular formula is C10H16O2. The van der Waals surface area contributed by atoms with E-state index in [2.05, 4.69) is 0 Å². The third kappa shape index (κ3) is 1.28. The lowest BCUT2D eigenvalue weighted by atomic mass is 9.57. The Kier molecular flexibility index (Phi) is 1.95. The van der Waals surface area contributed by atoms with Gasteiger partial charge in [-0.2, -0.15) is 0 Å². The van der Waals surface area contributed by atoms with Gasteiger partial charge in [0.05, 0.1) is 0 Å². The average molecular weight is 168 g/mol. The van der Waals surface area contributed by atoms with Gasteiger partial charge in [0.25, 0.3) is 0 Å². The van der Waals surface area contributed by atoms with Crippen LogP contribution in [0.1, 0.15) is 32.6 Å². The summed E-state index contributed by atoms with van der Waals surface area (Å²) >= 11 is 0. The zero-order valence-corrected chi connectivity index (χ0v) is 7.64. The largest absolute Gasteiger partial charge is 0.381 e. The van der Waals surface area contributed by atoms with Crippen molar-refractivity contribution in [2.24, 2.45) is 11.3 Å². The van der Waals surface area contributed by atoms with Crippen LogP contribution < -0.4 is 0 Å². The van der Waals surface area contributed by atoms with Gasteiger partial charge in [-0.05, 0) is 38.0 Å². The molecule has 1 aliphatic heterocycles. The van der Waals surface area contributed by atoms with Crippen molar-refractivity contribution in [3.05, 3.63) is 0 Å². The van der Waals surface area contributed by atoms with E-state index in [-0.39, 0.29) is 0 Å². The summed E-state index contributed by atoms with van der Waals surface area (Å²) in [7, 11) is 0. The summed E-state index contributed by atoms with van der Waals surface area (Å²) < 4.78 is 5.31. The summed E-state index contributed by atoms with van der Waals surface area (Å²) in [5.74, 6) is 0.759. The first-order valence-electron chi connectivity index (χ1n) is 4.80. The highest BCUT2D eigenvalue weighted by Gasteiger charge is 2.46. The molecule has 0 radical (unpaired) electrons. The lowest BCUT2D eigenvalue weighted by molar-refractivity contribution is -0.133. The summed E-state index contributed by atoms with van der Waals surface area (Å²) in [4.78, 5) is 11.0. The van der Waals surface area contributed by atoms with Gasteiger partial charge < -0.3 is 4.74 Å². The Balaban J connectivity index is 1.88. The predicted molar refractivity (Wildman–Crippen MR) is 45.9 cm³/mol. The number of carbonyl (C=O) groups is 1. The monoisotopic (exact) mass is 168 g/mol. The standard InChI is InChI=1S/C10H16O2/c1-8(11)9-6-10(7-9)2-4-12-5-3-10/h9H,2-7H2,1H3. The Labute approximate surface area is 73.3 Å². The first-order valence-corrected chi connectivity index (χ1v) is 4.80. The van der Waals surface area contributed by atoms with Crippen molar-refractivity contribution >= 4 is 5.78 Å². The van der Waals surface area contributed by atoms with Crippen LogP contribution in [-0.2, 0) is 9.53 Å². The van der Waals surface area contributed by atoms with Crippen LogP contribution in [-0.4, -0.2) is 19.0 Å². The molecule has 2 nitrogen and oxygen atoms in total. The second-order valence-corrected chi connectivity index (χ2v) is 4.33. The van der Waals surface area contributed by atoms with Gasteiger partial charge in [0.15, 0.2) is 0 Å². The van der Waals surface area contributed by atoms with Gasteiger partial charge in [0, 0.05) is 19.1 Å². The third-order valence-electron chi connectivity index (χ3n) is 3.49. The van der Waals surface area contributed by atoms with E-state index in [1.165, 1.54) is 12.8 Å². The zero-order chi connectivity index (χ0) is 8.60. The second-order valence-electron chi connectivity index (χ2n) is 4.33. The summed E-state index contributed by atoms with van der Waals surface area (Å²) in [6, 6.07) is 0. The molecule has 1 saturated heterocycles. The molecule has 0 amide bonds. The number of ether oxygens (including phenoxy) is 1. The van der Waals surface area contributed by atoms with E-state index in [0.29, 0.717) is 17.1 Å². The summed E-state index contributed by atoms with van der Waals surface area (Å²) in [6.07, 6.45) is 4.62. The smallest absolute Gasteiger partial charge is 0.132 e. The fraction of sp³-hybridized carbons (Fsp3) is 0.900. The molecule has 0 aromatic carbocycles. The maximum absolute atomic E-state index is 11.0. The van der Waals surface area contributed by atoms with Crippen LogP contribution in [0.5, 0.6) is 0 Å². The van der Waals surface area contributed by atoms with Crippen molar-refractivity contribution in [2.45, 2.75) is 32.6 Å². The number of carbonyl (C=O) groups excluding carboxylic acids is 1. The Bertz CT molecular complexity index is 184. The van der Waals surface area contributed by atoms with E-state index >= 15 is 0 Å². The molecule has 1 heterocycles. The molecular weight excluding hydrogens is 152 g/mol. The Morgan fingerprint density at radius 1 is 1.33 bits per heavy atom. The molecule has 2 fully saturated rings. The Morgan fingerprint density at radius 3 is 2.42 bits per heavy atom. The molecule has 0 unspecified atom stereocenters. The molecule has 1 saturated carbocycles. The molecule has 0 bridgehead atoms. The van der Waals surface area contributed by atoms with Crippen molar-refractivity contribution in [1.29, 1.82) is 0 Å². The van der Waals surface area contributed by atoms with E-state index in [1.807, 2.05) is 0 Å². The highest BCUT2D eigenvalue weighted by molar-refractivity contribution is 5.79. The van der Waals surface area contributed by atoms with E-state index in [4.69, 9.17) is 4.74 Å². The van der Waals surface area contributed by atoms with E-state index in [9.17, 15) is 4.79 Å². The lowest BCUT2D eigenvalue weighted by Gasteiger charge is -2.49. The molecule has 1 aliphatic carbocycles. The van der Waals surface area contributed by atoms with Crippen LogP contribution in [0.15, 0.2) is 0 Å². The lowest BCUT2D eigenvalue weighted by Crippen LogP contribution is -2.44. The van der Waals surface area contributed by atoms with Crippen molar-refractivity contribution in [2.75, 3.05) is 13.2 Å². The van der Waals surface area contributed by atoms with Gasteiger partial charge in [-0.15, -0.1) is 0 Å². The molecule has 12 heavy (non-hydrogen) atoms. The Hall–Kier alpha value is -0.370. The highest BCUT2D eigenvalue weighted by atomic mass is 16.5. The molecule has 0 aromatic rings. The Morgan fingerprint density at radius 2 is 1.92 bits per heavy atom. The topological polar surface area (TPSA) is 26.3 Å². The van der Waals surface area contributed by atoms with Crippen molar-refractivity contribution in [3.8, 4) is 0 Å². The van der Waals surface area contributed by atoms with Crippen LogP contribution in [0.2, 0.25) is 0 Å². The predicted octanol–water partition coefficient (Wildman–Crippen LogP) is 1.78. The maximum atomic E-state index is 11.0. The van der Waals surface area contributed by atoms with Crippen LogP contribution in [0, 0.1) is 11.3 Å². The summed E-state index contributed by atoms with van der Waals surface area (Å²) in [5.41, 5.74) is 0.509. The van der Waals surface area contributed by atoms with Gasteiger partial charge in [-0.25, -0.2) is 0 Å². The highest BCUT2D eigenvalue weighted by Crippen LogP contribution is 2.52. The van der Waals surface area contributed by atoms with Crippen LogP contribution >= 0.6 is 0 Å². The fourth-order valence-electron chi connectivity index (χ4n) is 2.49. The summed E-state index contributed by atoms with van der Waals surface area (Å²) in [6.45, 7) is 3.53. The maximum Gasteiger partial charge on any atom is 0.132 e.